The second kappa shape index (κ2) is 35.1. The van der Waals surface area contributed by atoms with Crippen LogP contribution < -0.4 is 54.1 Å². The van der Waals surface area contributed by atoms with Crippen LogP contribution in [0.2, 0.25) is 0 Å². The number of rotatable bonds is 26. The van der Waals surface area contributed by atoms with Gasteiger partial charge in [-0.05, 0) is 48.8 Å². The summed E-state index contributed by atoms with van der Waals surface area (Å²) in [6.45, 7) is 12.2. The van der Waals surface area contributed by atoms with Gasteiger partial charge in [-0.1, -0.05) is 124 Å². The molecule has 94 heavy (non-hydrogen) atoms. The Hall–Kier alpha value is -11.7. The average molecular weight is 1280 g/mol. The van der Waals surface area contributed by atoms with E-state index in [1.807, 2.05) is 85.8 Å². The monoisotopic (exact) mass is 1280 g/mol. The zero-order valence-electron chi connectivity index (χ0n) is 52.5. The van der Waals surface area contributed by atoms with Gasteiger partial charge in [0, 0.05) is 39.5 Å². The number of H-pyrrole nitrogens is 5. The van der Waals surface area contributed by atoms with Gasteiger partial charge in [0.25, 0.3) is 0 Å². The van der Waals surface area contributed by atoms with Crippen molar-refractivity contribution in [1.82, 2.24) is 99.7 Å². The predicted octanol–water partition coefficient (Wildman–Crippen LogP) is 7.97. The maximum atomic E-state index is 5.70. The van der Waals surface area contributed by atoms with Crippen LogP contribution in [0.4, 0.5) is 47.2 Å². The van der Waals surface area contributed by atoms with Crippen LogP contribution in [0.5, 0.6) is 11.8 Å². The highest BCUT2D eigenvalue weighted by Crippen LogP contribution is 2.24. The number of ether oxygens (including phenoxy) is 4. The highest BCUT2D eigenvalue weighted by molar-refractivity contribution is 5.85. The van der Waals surface area contributed by atoms with Crippen molar-refractivity contribution in [2.45, 2.75) is 72.4 Å². The summed E-state index contributed by atoms with van der Waals surface area (Å²) in [5, 5.41) is 9.68. The summed E-state index contributed by atoms with van der Waals surface area (Å²) in [6.07, 6.45) is 14.5. The Balaban J connectivity index is 0.000000139. The Kier molecular flexibility index (Phi) is 24.9. The Labute approximate surface area is 539 Å². The first-order chi connectivity index (χ1) is 46.0. The minimum atomic E-state index is 0.151. The first-order valence-electron chi connectivity index (χ1n) is 30.6. The van der Waals surface area contributed by atoms with Crippen LogP contribution in [0.15, 0.2) is 123 Å². The number of nitrogens with zero attached hydrogens (tertiary/aromatic N) is 15. The van der Waals surface area contributed by atoms with E-state index >= 15 is 0 Å². The van der Waals surface area contributed by atoms with Crippen LogP contribution in [0, 0.1) is 5.92 Å². The number of hydrogen-bond donors (Lipinski definition) is 13. The van der Waals surface area contributed by atoms with E-state index in [-0.39, 0.29) is 29.7 Å². The van der Waals surface area contributed by atoms with Crippen LogP contribution in [0.25, 0.3) is 55.8 Å². The molecule has 32 nitrogen and oxygen atoms in total. The molecule has 0 saturated heterocycles. The van der Waals surface area contributed by atoms with Crippen LogP contribution in [0.3, 0.4) is 0 Å². The number of imidazole rings is 5. The summed E-state index contributed by atoms with van der Waals surface area (Å²) in [4.78, 5) is 75.9. The number of anilines is 8. The fourth-order valence-electron chi connectivity index (χ4n) is 9.14. The Morgan fingerprint density at radius 3 is 1.32 bits per heavy atom. The van der Waals surface area contributed by atoms with Gasteiger partial charge in [0.1, 0.15) is 40.8 Å². The number of aromatic amines is 5. The Morgan fingerprint density at radius 2 is 0.840 bits per heavy atom. The summed E-state index contributed by atoms with van der Waals surface area (Å²) in [5.41, 5.74) is 38.0. The van der Waals surface area contributed by atoms with Crippen molar-refractivity contribution in [3.8, 4) is 11.8 Å². The van der Waals surface area contributed by atoms with Gasteiger partial charge >= 0.3 is 0 Å². The number of fused-ring (bicyclic) bond motifs is 5. The predicted molar refractivity (Wildman–Crippen MR) is 363 cm³/mol. The van der Waals surface area contributed by atoms with Crippen LogP contribution >= 0.6 is 0 Å². The van der Waals surface area contributed by atoms with Crippen LogP contribution in [-0.2, 0) is 29.0 Å². The lowest BCUT2D eigenvalue weighted by molar-refractivity contribution is 0.0692. The fraction of sp³-hybridized carbons (Fsp3) is 0.306. The largest absolute Gasteiger partial charge is 0.474 e. The molecule has 0 fully saturated rings. The number of aromatic nitrogens is 20. The molecular formula is C62H78N28O4. The van der Waals surface area contributed by atoms with Gasteiger partial charge in [-0.15, -0.1) is 0 Å². The van der Waals surface area contributed by atoms with Crippen molar-refractivity contribution in [3.05, 3.63) is 139 Å². The van der Waals surface area contributed by atoms with E-state index in [1.165, 1.54) is 36.7 Å². The highest BCUT2D eigenvalue weighted by Gasteiger charge is 2.14. The molecule has 18 N–H and O–H groups in total. The van der Waals surface area contributed by atoms with Crippen molar-refractivity contribution in [3.63, 3.8) is 0 Å². The molecular weight excluding hydrogens is 1200 g/mol. The third kappa shape index (κ3) is 19.9. The van der Waals surface area contributed by atoms with Gasteiger partial charge in [-0.3, -0.25) is 0 Å². The molecule has 0 aliphatic rings. The smallest absolute Gasteiger partial charge is 0.245 e. The number of nitrogen functional groups attached to an aromatic ring is 5. The maximum absolute atomic E-state index is 5.70. The van der Waals surface area contributed by atoms with E-state index in [4.69, 9.17) is 47.6 Å². The number of benzene rings is 3. The number of hydrogen-bond acceptors (Lipinski definition) is 27. The average Bonchev–Trinajstić information content (AvgIpc) is 1.83. The van der Waals surface area contributed by atoms with Gasteiger partial charge in [0.05, 0.1) is 38.2 Å². The molecule has 0 radical (unpaired) electrons. The van der Waals surface area contributed by atoms with Gasteiger partial charge in [-0.25, -0.2) is 24.9 Å². The standard InChI is InChI=1S/C15H25N5O2.C13H14N6.C12H12N6.C12H11N5O.C10H16N6O/c1-3-5-6-11(4-2)9-21-7-8-22-14-12-13(18-10-17-12)19-15(16)20-14;14-13-18-11(10-12(19-13)17-8-16-10)15-7-6-9-4-2-1-3-5-9;13-12-17-10(9-11(18-12)16-7-15-9)14-6-8-4-2-1-3-5-8;13-12-16-10-9(14-7-15-10)11(17-12)18-6-8-4-2-1-3-5-8;1-2-17-5-3-4-12-8-7-9(14-6-13-7)16-10(11)15-8/h10-11H,3-9H2,1-2H3,(H3,16,17,18,19,20);1-5,8H,6-7H2,(H4,14,15,16,17,18,19);1-5,7H,6H2,(H4,13,14,15,16,17,18);1-5,7H,6H2,(H3,13,14,15,16,17);6H,2-5H2,1H3,(H4,11,12,13,14,15,16). The minimum Gasteiger partial charge on any atom is -0.474 e. The molecule has 0 saturated carbocycles. The zero-order chi connectivity index (χ0) is 65.7. The summed E-state index contributed by atoms with van der Waals surface area (Å²) in [7, 11) is 0. The van der Waals surface area contributed by atoms with E-state index in [0.29, 0.717) is 101 Å². The maximum Gasteiger partial charge on any atom is 0.245 e. The fourth-order valence-corrected chi connectivity index (χ4v) is 9.14. The van der Waals surface area contributed by atoms with Gasteiger partial charge in [0.15, 0.2) is 45.7 Å². The van der Waals surface area contributed by atoms with Gasteiger partial charge < -0.3 is 88.5 Å². The van der Waals surface area contributed by atoms with E-state index in [0.717, 1.165) is 74.3 Å². The lowest BCUT2D eigenvalue weighted by Gasteiger charge is -2.14. The van der Waals surface area contributed by atoms with Crippen LogP contribution in [-0.4, -0.2) is 146 Å². The quantitative estimate of drug-likeness (QED) is 0.0228. The van der Waals surface area contributed by atoms with Crippen LogP contribution in [0.1, 0.15) is 69.6 Å². The second-order valence-corrected chi connectivity index (χ2v) is 20.7. The summed E-state index contributed by atoms with van der Waals surface area (Å²) in [5.74, 6) is 4.47. The molecule has 0 spiro atoms. The number of unbranched alkanes of at least 4 members (excludes halogenated alkanes) is 1. The first-order valence-corrected chi connectivity index (χ1v) is 30.6. The summed E-state index contributed by atoms with van der Waals surface area (Å²) < 4.78 is 22.2. The third-order valence-corrected chi connectivity index (χ3v) is 13.8. The molecule has 0 aliphatic carbocycles. The molecule has 10 heterocycles. The molecule has 1 unspecified atom stereocenters. The minimum absolute atomic E-state index is 0.151. The Morgan fingerprint density at radius 1 is 0.415 bits per heavy atom. The molecule has 0 bridgehead atoms. The molecule has 13 rings (SSSR count). The summed E-state index contributed by atoms with van der Waals surface area (Å²) in [6, 6.07) is 30.2. The molecule has 10 aromatic heterocycles. The summed E-state index contributed by atoms with van der Waals surface area (Å²) >= 11 is 0. The lowest BCUT2D eigenvalue weighted by atomic mass is 10.0. The SMILES string of the molecule is CCCCC(CC)COCCOc1nc(N)nc2nc[nH]c12.CCOCCCNc1nc(N)nc2nc[nH]c12.Nc1nc(NCCc2ccccc2)c2[nH]cnc2n1.Nc1nc(NCc2ccccc2)c2[nH]cnc2n1.Nc1nc(OCc2ccccc2)c2[nH]cnc2n1. The molecule has 490 valence electrons. The second-order valence-electron chi connectivity index (χ2n) is 20.7. The topological polar surface area (TPSA) is 475 Å². The van der Waals surface area contributed by atoms with Gasteiger partial charge in [-0.2, -0.15) is 49.8 Å². The van der Waals surface area contributed by atoms with E-state index in [1.54, 1.807) is 25.3 Å². The van der Waals surface area contributed by atoms with Crippen molar-refractivity contribution < 1.29 is 18.9 Å². The van der Waals surface area contributed by atoms with E-state index < -0.39 is 0 Å². The van der Waals surface area contributed by atoms with Crippen molar-refractivity contribution in [1.29, 1.82) is 0 Å². The molecule has 13 aromatic rings. The van der Waals surface area contributed by atoms with Crippen molar-refractivity contribution >= 4 is 103 Å². The highest BCUT2D eigenvalue weighted by atomic mass is 16.5. The zero-order valence-corrected chi connectivity index (χ0v) is 52.5. The molecule has 0 aliphatic heterocycles. The molecule has 32 heteroatoms. The molecule has 3 aromatic carbocycles. The molecule has 0 amide bonds. The number of nitrogens with two attached hydrogens (primary N) is 5. The van der Waals surface area contributed by atoms with Crippen molar-refractivity contribution in [2.24, 2.45) is 5.92 Å². The number of nitrogens with one attached hydrogen (secondary N) is 8. The first kappa shape index (κ1) is 66.7. The molecule has 1 atom stereocenters. The third-order valence-electron chi connectivity index (χ3n) is 13.8. The Bertz CT molecular complexity index is 4220. The van der Waals surface area contributed by atoms with Crippen molar-refractivity contribution in [2.75, 3.05) is 90.7 Å². The lowest BCUT2D eigenvalue weighted by Crippen LogP contribution is -2.14. The van der Waals surface area contributed by atoms with E-state index in [2.05, 4.69) is 142 Å². The van der Waals surface area contributed by atoms with E-state index in [9.17, 15) is 0 Å². The normalized spacial score (nSPS) is 11.2. The van der Waals surface area contributed by atoms with Gasteiger partial charge in [0.2, 0.25) is 41.5 Å².